The van der Waals surface area contributed by atoms with E-state index in [9.17, 15) is 14.0 Å². The van der Waals surface area contributed by atoms with Gasteiger partial charge in [0.1, 0.15) is 28.8 Å². The second-order valence-corrected chi connectivity index (χ2v) is 7.57. The molecule has 8 heteroatoms. The van der Waals surface area contributed by atoms with Gasteiger partial charge in [0, 0.05) is 6.07 Å². The Labute approximate surface area is 196 Å². The number of ether oxygens (including phenoxy) is 3. The van der Waals surface area contributed by atoms with E-state index in [1.54, 1.807) is 30.3 Å². The van der Waals surface area contributed by atoms with E-state index in [2.05, 4.69) is 5.32 Å². The van der Waals surface area contributed by atoms with Gasteiger partial charge < -0.3 is 19.5 Å². The van der Waals surface area contributed by atoms with Crippen molar-refractivity contribution < 1.29 is 28.2 Å². The molecule has 1 N–H and O–H groups in total. The SMILES string of the molecule is COc1ccc(OC)c(NC2=C(c3ccc(F)cc3)C(=O)N(c3cc(C)ccc3OC)C2=O)c1. The summed E-state index contributed by atoms with van der Waals surface area (Å²) in [4.78, 5) is 28.4. The summed E-state index contributed by atoms with van der Waals surface area (Å²) >= 11 is 0. The van der Waals surface area contributed by atoms with Gasteiger partial charge in [-0.15, -0.1) is 0 Å². The number of amides is 2. The lowest BCUT2D eigenvalue weighted by molar-refractivity contribution is -0.120. The number of hydrogen-bond donors (Lipinski definition) is 1. The van der Waals surface area contributed by atoms with Crippen LogP contribution in [-0.2, 0) is 9.59 Å². The van der Waals surface area contributed by atoms with Crippen molar-refractivity contribution in [1.29, 1.82) is 0 Å². The van der Waals surface area contributed by atoms with Gasteiger partial charge in [-0.3, -0.25) is 9.59 Å². The van der Waals surface area contributed by atoms with Gasteiger partial charge in [0.15, 0.2) is 0 Å². The quantitative estimate of drug-likeness (QED) is 0.519. The fraction of sp³-hybridized carbons (Fsp3) is 0.154. The summed E-state index contributed by atoms with van der Waals surface area (Å²) in [5, 5.41) is 3.06. The van der Waals surface area contributed by atoms with Gasteiger partial charge in [0.2, 0.25) is 0 Å². The summed E-state index contributed by atoms with van der Waals surface area (Å²) in [6.45, 7) is 1.85. The molecule has 0 fully saturated rings. The lowest BCUT2D eigenvalue weighted by atomic mass is 10.0. The third kappa shape index (κ3) is 4.05. The highest BCUT2D eigenvalue weighted by Gasteiger charge is 2.41. The monoisotopic (exact) mass is 462 g/mol. The van der Waals surface area contributed by atoms with E-state index in [1.165, 1.54) is 45.6 Å². The number of anilines is 2. The first-order valence-corrected chi connectivity index (χ1v) is 10.4. The van der Waals surface area contributed by atoms with E-state index in [-0.39, 0.29) is 11.3 Å². The number of carbonyl (C=O) groups excluding carboxylic acids is 2. The lowest BCUT2D eigenvalue weighted by Gasteiger charge is -2.19. The Morgan fingerprint density at radius 2 is 1.47 bits per heavy atom. The van der Waals surface area contributed by atoms with Crippen LogP contribution in [0.2, 0.25) is 0 Å². The molecule has 0 atom stereocenters. The van der Waals surface area contributed by atoms with Crippen LogP contribution < -0.4 is 24.4 Å². The summed E-state index contributed by atoms with van der Waals surface area (Å²) in [6, 6.07) is 15.6. The van der Waals surface area contributed by atoms with Crippen molar-refractivity contribution in [1.82, 2.24) is 0 Å². The van der Waals surface area contributed by atoms with Gasteiger partial charge in [0.25, 0.3) is 11.8 Å². The second-order valence-electron chi connectivity index (χ2n) is 7.57. The minimum absolute atomic E-state index is 0.0201. The number of methoxy groups -OCH3 is 3. The molecule has 0 saturated heterocycles. The lowest BCUT2D eigenvalue weighted by Crippen LogP contribution is -2.32. The maximum absolute atomic E-state index is 13.7. The first-order chi connectivity index (χ1) is 16.4. The number of aryl methyl sites for hydroxylation is 1. The predicted molar refractivity (Wildman–Crippen MR) is 127 cm³/mol. The molecular weight excluding hydrogens is 439 g/mol. The molecule has 1 aliphatic rings. The number of halogens is 1. The molecule has 0 unspecified atom stereocenters. The maximum Gasteiger partial charge on any atom is 0.282 e. The van der Waals surface area contributed by atoms with E-state index < -0.39 is 17.6 Å². The Kier molecular flexibility index (Phi) is 6.23. The molecule has 34 heavy (non-hydrogen) atoms. The van der Waals surface area contributed by atoms with Crippen LogP contribution in [0.4, 0.5) is 15.8 Å². The number of hydrogen-bond acceptors (Lipinski definition) is 6. The first-order valence-electron chi connectivity index (χ1n) is 10.4. The second kappa shape index (κ2) is 9.27. The maximum atomic E-state index is 13.7. The zero-order chi connectivity index (χ0) is 24.4. The Balaban J connectivity index is 1.88. The summed E-state index contributed by atoms with van der Waals surface area (Å²) in [5.41, 5.74) is 2.08. The zero-order valence-electron chi connectivity index (χ0n) is 19.1. The number of nitrogens with one attached hydrogen (secondary N) is 1. The summed E-state index contributed by atoms with van der Waals surface area (Å²) in [7, 11) is 4.48. The van der Waals surface area contributed by atoms with Crippen molar-refractivity contribution in [3.05, 3.63) is 83.3 Å². The van der Waals surface area contributed by atoms with Gasteiger partial charge in [-0.25, -0.2) is 9.29 Å². The highest BCUT2D eigenvalue weighted by atomic mass is 19.1. The standard InChI is InChI=1S/C26H23FN2O5/c1-15-5-11-22(34-4)20(13-15)29-25(30)23(16-6-8-17(27)9-7-16)24(26(29)31)28-19-14-18(32-2)10-12-21(19)33-3/h5-14,28H,1-4H3. The average molecular weight is 462 g/mol. The Morgan fingerprint density at radius 3 is 2.12 bits per heavy atom. The van der Waals surface area contributed by atoms with E-state index in [0.29, 0.717) is 34.2 Å². The highest BCUT2D eigenvalue weighted by Crippen LogP contribution is 2.40. The predicted octanol–water partition coefficient (Wildman–Crippen LogP) is 4.56. The van der Waals surface area contributed by atoms with Crippen molar-refractivity contribution >= 4 is 28.8 Å². The molecule has 3 aromatic rings. The first kappa shape index (κ1) is 22.8. The molecule has 4 rings (SSSR count). The van der Waals surface area contributed by atoms with E-state index in [1.807, 2.05) is 13.0 Å². The molecule has 3 aromatic carbocycles. The molecule has 0 spiro atoms. The summed E-state index contributed by atoms with van der Waals surface area (Å²) < 4.78 is 29.7. The fourth-order valence-corrected chi connectivity index (χ4v) is 3.77. The largest absolute Gasteiger partial charge is 0.497 e. The minimum Gasteiger partial charge on any atom is -0.497 e. The van der Waals surface area contributed by atoms with E-state index in [4.69, 9.17) is 14.2 Å². The third-order valence-corrected chi connectivity index (χ3v) is 5.46. The molecule has 0 bridgehead atoms. The van der Waals surface area contributed by atoms with Crippen LogP contribution in [0.25, 0.3) is 5.57 Å². The Bertz CT molecular complexity index is 1300. The minimum atomic E-state index is -0.585. The van der Waals surface area contributed by atoms with Crippen molar-refractivity contribution in [3.8, 4) is 17.2 Å². The van der Waals surface area contributed by atoms with Gasteiger partial charge in [-0.1, -0.05) is 18.2 Å². The van der Waals surface area contributed by atoms with E-state index in [0.717, 1.165) is 10.5 Å². The van der Waals surface area contributed by atoms with Crippen molar-refractivity contribution in [2.45, 2.75) is 6.92 Å². The van der Waals surface area contributed by atoms with Crippen LogP contribution in [0, 0.1) is 12.7 Å². The van der Waals surface area contributed by atoms with Crippen molar-refractivity contribution in [2.24, 2.45) is 0 Å². The van der Waals surface area contributed by atoms with Gasteiger partial charge >= 0.3 is 0 Å². The molecule has 1 aliphatic heterocycles. The van der Waals surface area contributed by atoms with Gasteiger partial charge in [0.05, 0.1) is 38.3 Å². The van der Waals surface area contributed by atoms with Crippen LogP contribution in [0.3, 0.4) is 0 Å². The molecule has 0 radical (unpaired) electrons. The molecule has 0 aromatic heterocycles. The molecule has 7 nitrogen and oxygen atoms in total. The zero-order valence-corrected chi connectivity index (χ0v) is 19.1. The molecule has 2 amide bonds. The molecular formula is C26H23FN2O5. The number of nitrogens with zero attached hydrogens (tertiary/aromatic N) is 1. The fourth-order valence-electron chi connectivity index (χ4n) is 3.77. The third-order valence-electron chi connectivity index (χ3n) is 5.46. The van der Waals surface area contributed by atoms with Crippen molar-refractivity contribution in [3.63, 3.8) is 0 Å². The molecule has 0 aliphatic carbocycles. The van der Waals surface area contributed by atoms with Gasteiger partial charge in [-0.2, -0.15) is 0 Å². The average Bonchev–Trinajstić information content (AvgIpc) is 3.08. The molecule has 0 saturated carbocycles. The summed E-state index contributed by atoms with van der Waals surface area (Å²) in [6.07, 6.45) is 0. The Hall–Kier alpha value is -4.33. The topological polar surface area (TPSA) is 77.1 Å². The highest BCUT2D eigenvalue weighted by molar-refractivity contribution is 6.46. The van der Waals surface area contributed by atoms with Gasteiger partial charge in [-0.05, 0) is 54.4 Å². The number of imide groups is 1. The number of rotatable bonds is 7. The molecule has 1 heterocycles. The Morgan fingerprint density at radius 1 is 0.794 bits per heavy atom. The van der Waals surface area contributed by atoms with Crippen molar-refractivity contribution in [2.75, 3.05) is 31.5 Å². The van der Waals surface area contributed by atoms with Crippen LogP contribution in [-0.4, -0.2) is 33.1 Å². The molecule has 174 valence electrons. The number of benzene rings is 3. The van der Waals surface area contributed by atoms with Crippen LogP contribution in [0.15, 0.2) is 66.4 Å². The van der Waals surface area contributed by atoms with Crippen LogP contribution in [0.1, 0.15) is 11.1 Å². The van der Waals surface area contributed by atoms with E-state index >= 15 is 0 Å². The van der Waals surface area contributed by atoms with Crippen LogP contribution >= 0.6 is 0 Å². The smallest absolute Gasteiger partial charge is 0.282 e. The normalized spacial score (nSPS) is 13.4. The number of carbonyl (C=O) groups is 2. The van der Waals surface area contributed by atoms with Crippen LogP contribution in [0.5, 0.6) is 17.2 Å². The summed E-state index contributed by atoms with van der Waals surface area (Å²) in [5.74, 6) is -0.268.